The number of amides is 2. The minimum Gasteiger partial charge on any atom is -0.329 e. The van der Waals surface area contributed by atoms with Crippen LogP contribution in [0.2, 0.25) is 10.0 Å². The lowest BCUT2D eigenvalue weighted by Gasteiger charge is -2.20. The first-order chi connectivity index (χ1) is 12.7. The quantitative estimate of drug-likeness (QED) is 0.671. The number of para-hydroxylation sites is 1. The zero-order valence-corrected chi connectivity index (χ0v) is 18.1. The Morgan fingerprint density at radius 3 is 2.44 bits per heavy atom. The molecule has 146 valence electrons. The zero-order chi connectivity index (χ0) is 20.1. The first-order valence-electron chi connectivity index (χ1n) is 8.72. The molecule has 0 saturated carbocycles. The summed E-state index contributed by atoms with van der Waals surface area (Å²) in [6.07, 6.45) is 0.830. The summed E-state index contributed by atoms with van der Waals surface area (Å²) in [7, 11) is 0. The highest BCUT2D eigenvalue weighted by Crippen LogP contribution is 2.29. The smallest absolute Gasteiger partial charge is 0.266 e. The van der Waals surface area contributed by atoms with Crippen LogP contribution in [-0.2, 0) is 11.2 Å². The molecule has 2 amide bonds. The number of hydrogen-bond acceptors (Lipinski definition) is 4. The fourth-order valence-corrected chi connectivity index (χ4v) is 4.26. The van der Waals surface area contributed by atoms with Crippen molar-refractivity contribution in [3.63, 3.8) is 0 Å². The molecule has 0 aliphatic heterocycles. The first-order valence-corrected chi connectivity index (χ1v) is 10.3. The molecule has 1 N–H and O–H groups in total. The fraction of sp³-hybridized carbons (Fsp3) is 0.421. The molecule has 0 saturated heterocycles. The lowest BCUT2D eigenvalue weighted by Crippen LogP contribution is -2.37. The maximum atomic E-state index is 12.9. The summed E-state index contributed by atoms with van der Waals surface area (Å²) < 4.78 is 0. The van der Waals surface area contributed by atoms with Gasteiger partial charge in [-0.15, -0.1) is 11.3 Å². The van der Waals surface area contributed by atoms with Gasteiger partial charge in [-0.05, 0) is 31.9 Å². The molecule has 0 spiro atoms. The molecular weight excluding hydrogens is 405 g/mol. The number of aromatic nitrogens is 1. The van der Waals surface area contributed by atoms with Crippen LogP contribution >= 0.6 is 34.5 Å². The van der Waals surface area contributed by atoms with Gasteiger partial charge in [0, 0.05) is 13.0 Å². The van der Waals surface area contributed by atoms with Crippen molar-refractivity contribution < 1.29 is 9.59 Å². The molecule has 0 bridgehead atoms. The Balaban J connectivity index is 2.11. The van der Waals surface area contributed by atoms with E-state index in [9.17, 15) is 9.59 Å². The minimum atomic E-state index is -0.357. The van der Waals surface area contributed by atoms with Gasteiger partial charge >= 0.3 is 0 Å². The molecule has 0 atom stereocenters. The predicted octanol–water partition coefficient (Wildman–Crippen LogP) is 5.06. The average molecular weight is 428 g/mol. The van der Waals surface area contributed by atoms with E-state index < -0.39 is 0 Å². The van der Waals surface area contributed by atoms with E-state index in [-0.39, 0.29) is 18.4 Å². The van der Waals surface area contributed by atoms with Crippen molar-refractivity contribution >= 4 is 52.0 Å². The molecule has 0 aliphatic rings. The number of anilines is 1. The highest BCUT2D eigenvalue weighted by molar-refractivity contribution is 7.13. The third-order valence-electron chi connectivity index (χ3n) is 3.85. The van der Waals surface area contributed by atoms with Crippen LogP contribution < -0.4 is 5.32 Å². The summed E-state index contributed by atoms with van der Waals surface area (Å²) in [5.74, 6) is -0.0837. The molecule has 0 unspecified atom stereocenters. The standard InChI is InChI=1S/C19H23Cl2N3O2S/c1-5-24(10-15(25)23-17-13(20)7-6-8-14(17)21)19(26)18-12(4)22-16(27-18)9-11(2)3/h6-8,11H,5,9-10H2,1-4H3,(H,23,25). The zero-order valence-electron chi connectivity index (χ0n) is 15.8. The van der Waals surface area contributed by atoms with Crippen LogP contribution in [-0.4, -0.2) is 34.8 Å². The van der Waals surface area contributed by atoms with Crippen LogP contribution in [0.25, 0.3) is 0 Å². The highest BCUT2D eigenvalue weighted by atomic mass is 35.5. The van der Waals surface area contributed by atoms with E-state index >= 15 is 0 Å². The number of carbonyl (C=O) groups is 2. The number of thiazole rings is 1. The van der Waals surface area contributed by atoms with Gasteiger partial charge in [-0.3, -0.25) is 9.59 Å². The highest BCUT2D eigenvalue weighted by Gasteiger charge is 2.23. The molecule has 27 heavy (non-hydrogen) atoms. The van der Waals surface area contributed by atoms with E-state index in [2.05, 4.69) is 24.1 Å². The molecule has 1 heterocycles. The maximum absolute atomic E-state index is 12.9. The number of nitrogens with one attached hydrogen (secondary N) is 1. The van der Waals surface area contributed by atoms with Crippen molar-refractivity contribution in [1.82, 2.24) is 9.88 Å². The van der Waals surface area contributed by atoms with Gasteiger partial charge in [0.25, 0.3) is 5.91 Å². The van der Waals surface area contributed by atoms with Crippen LogP contribution in [0, 0.1) is 12.8 Å². The Labute approximate surface area is 173 Å². The van der Waals surface area contributed by atoms with Gasteiger partial charge in [0.2, 0.25) is 5.91 Å². The Morgan fingerprint density at radius 1 is 1.26 bits per heavy atom. The SMILES string of the molecule is CCN(CC(=O)Nc1c(Cl)cccc1Cl)C(=O)c1sc(CC(C)C)nc1C. The molecule has 5 nitrogen and oxygen atoms in total. The van der Waals surface area contributed by atoms with Gasteiger partial charge in [0.1, 0.15) is 11.4 Å². The van der Waals surface area contributed by atoms with Gasteiger partial charge in [0.05, 0.1) is 26.4 Å². The van der Waals surface area contributed by atoms with E-state index in [4.69, 9.17) is 23.2 Å². The third-order valence-corrected chi connectivity index (χ3v) is 5.65. The second-order valence-electron chi connectivity index (χ2n) is 6.58. The third kappa shape index (κ3) is 5.67. The lowest BCUT2D eigenvalue weighted by atomic mass is 10.1. The van der Waals surface area contributed by atoms with E-state index in [1.165, 1.54) is 16.2 Å². The number of halogens is 2. The van der Waals surface area contributed by atoms with Crippen LogP contribution in [0.5, 0.6) is 0 Å². The van der Waals surface area contributed by atoms with Crippen molar-refractivity contribution in [3.8, 4) is 0 Å². The molecule has 8 heteroatoms. The van der Waals surface area contributed by atoms with Crippen LogP contribution in [0.3, 0.4) is 0 Å². The Morgan fingerprint density at radius 2 is 1.89 bits per heavy atom. The van der Waals surface area contributed by atoms with Gasteiger partial charge < -0.3 is 10.2 Å². The molecular formula is C19H23Cl2N3O2S. The number of hydrogen-bond donors (Lipinski definition) is 1. The monoisotopic (exact) mass is 427 g/mol. The largest absolute Gasteiger partial charge is 0.329 e. The molecule has 2 aromatic rings. The first kappa shape index (κ1) is 21.7. The number of aryl methyl sites for hydroxylation is 1. The van der Waals surface area contributed by atoms with E-state index in [0.717, 1.165) is 11.4 Å². The number of carbonyl (C=O) groups excluding carboxylic acids is 2. The topological polar surface area (TPSA) is 62.3 Å². The van der Waals surface area contributed by atoms with Gasteiger partial charge in [-0.1, -0.05) is 43.1 Å². The van der Waals surface area contributed by atoms with Gasteiger partial charge in [-0.2, -0.15) is 0 Å². The molecule has 2 rings (SSSR count). The number of nitrogens with zero attached hydrogens (tertiary/aromatic N) is 2. The summed E-state index contributed by atoms with van der Waals surface area (Å²) in [4.78, 5) is 31.9. The van der Waals surface area contributed by atoms with Crippen LogP contribution in [0.15, 0.2) is 18.2 Å². The minimum absolute atomic E-state index is 0.0895. The van der Waals surface area contributed by atoms with Crippen LogP contribution in [0.4, 0.5) is 5.69 Å². The van der Waals surface area contributed by atoms with Crippen LogP contribution in [0.1, 0.15) is 41.1 Å². The van der Waals surface area contributed by atoms with Crippen molar-refractivity contribution in [2.45, 2.75) is 34.1 Å². The maximum Gasteiger partial charge on any atom is 0.266 e. The summed E-state index contributed by atoms with van der Waals surface area (Å²) in [6.45, 7) is 8.19. The molecule has 1 aromatic heterocycles. The van der Waals surface area contributed by atoms with E-state index in [0.29, 0.717) is 38.8 Å². The van der Waals surface area contributed by atoms with Crippen molar-refractivity contribution in [2.75, 3.05) is 18.4 Å². The molecule has 1 aromatic carbocycles. The summed E-state index contributed by atoms with van der Waals surface area (Å²) >= 11 is 13.6. The van der Waals surface area contributed by atoms with Gasteiger partial charge in [-0.25, -0.2) is 4.98 Å². The lowest BCUT2D eigenvalue weighted by molar-refractivity contribution is -0.116. The Kier molecular flexibility index (Phi) is 7.65. The van der Waals surface area contributed by atoms with Crippen molar-refractivity contribution in [3.05, 3.63) is 43.8 Å². The second-order valence-corrected chi connectivity index (χ2v) is 8.48. The average Bonchev–Trinajstić information content (AvgIpc) is 2.95. The number of benzene rings is 1. The van der Waals surface area contributed by atoms with Crippen molar-refractivity contribution in [1.29, 1.82) is 0 Å². The number of likely N-dealkylation sites (N-methyl/N-ethyl adjacent to an activating group) is 1. The van der Waals surface area contributed by atoms with Gasteiger partial charge in [0.15, 0.2) is 0 Å². The molecule has 0 radical (unpaired) electrons. The molecule has 0 aliphatic carbocycles. The summed E-state index contributed by atoms with van der Waals surface area (Å²) in [5, 5.41) is 4.32. The number of rotatable bonds is 7. The molecule has 0 fully saturated rings. The predicted molar refractivity (Wildman–Crippen MR) is 112 cm³/mol. The van der Waals surface area contributed by atoms with E-state index in [1.54, 1.807) is 18.2 Å². The second kappa shape index (κ2) is 9.53. The van der Waals surface area contributed by atoms with Crippen molar-refractivity contribution in [2.24, 2.45) is 5.92 Å². The Hall–Kier alpha value is -1.63. The fourth-order valence-electron chi connectivity index (χ4n) is 2.53. The summed E-state index contributed by atoms with van der Waals surface area (Å²) in [5.41, 5.74) is 1.05. The normalized spacial score (nSPS) is 10.9. The Bertz CT molecular complexity index is 816. The summed E-state index contributed by atoms with van der Waals surface area (Å²) in [6, 6.07) is 4.98. The van der Waals surface area contributed by atoms with E-state index in [1.807, 2.05) is 13.8 Å².